The zero-order valence-corrected chi connectivity index (χ0v) is 19.6. The number of aromatic nitrogens is 3. The predicted molar refractivity (Wildman–Crippen MR) is 135 cm³/mol. The highest BCUT2D eigenvalue weighted by Gasteiger charge is 2.32. The van der Waals surface area contributed by atoms with E-state index in [2.05, 4.69) is 15.2 Å². The Bertz CT molecular complexity index is 1540. The summed E-state index contributed by atoms with van der Waals surface area (Å²) < 4.78 is 44.9. The van der Waals surface area contributed by atoms with E-state index in [1.165, 1.54) is 15.3 Å². The van der Waals surface area contributed by atoms with Crippen molar-refractivity contribution in [1.29, 1.82) is 0 Å². The lowest BCUT2D eigenvalue weighted by molar-refractivity contribution is -0.274. The minimum absolute atomic E-state index is 0.0871. The van der Waals surface area contributed by atoms with E-state index in [9.17, 15) is 22.8 Å². The summed E-state index contributed by atoms with van der Waals surface area (Å²) in [6.45, 7) is 2.53. The van der Waals surface area contributed by atoms with Gasteiger partial charge in [-0.3, -0.25) is 14.2 Å². The number of fused-ring (bicyclic) bond motifs is 2. The lowest BCUT2D eigenvalue weighted by atomic mass is 10.1. The van der Waals surface area contributed by atoms with Gasteiger partial charge in [-0.15, -0.1) is 18.3 Å². The van der Waals surface area contributed by atoms with Crippen molar-refractivity contribution < 1.29 is 22.7 Å². The first-order valence-corrected chi connectivity index (χ1v) is 11.2. The van der Waals surface area contributed by atoms with Gasteiger partial charge < -0.3 is 21.5 Å². The van der Waals surface area contributed by atoms with Gasteiger partial charge in [0, 0.05) is 24.1 Å². The predicted octanol–water partition coefficient (Wildman–Crippen LogP) is 3.91. The third kappa shape index (κ3) is 5.27. The van der Waals surface area contributed by atoms with Crippen molar-refractivity contribution in [3.63, 3.8) is 0 Å². The van der Waals surface area contributed by atoms with E-state index in [0.29, 0.717) is 35.6 Å². The molecule has 0 aliphatic carbocycles. The minimum Gasteiger partial charge on any atom is -0.405 e. The van der Waals surface area contributed by atoms with Crippen molar-refractivity contribution in [3.05, 3.63) is 82.3 Å². The zero-order valence-electron chi connectivity index (χ0n) is 19.6. The first-order valence-electron chi connectivity index (χ1n) is 11.2. The van der Waals surface area contributed by atoms with Crippen LogP contribution in [0.5, 0.6) is 5.75 Å². The molecule has 9 nitrogen and oxygen atoms in total. The van der Waals surface area contributed by atoms with E-state index in [4.69, 9.17) is 11.5 Å². The van der Waals surface area contributed by atoms with Gasteiger partial charge in [0.1, 0.15) is 17.1 Å². The van der Waals surface area contributed by atoms with E-state index >= 15 is 0 Å². The number of halogens is 3. The fraction of sp³-hybridized carbons (Fsp3) is 0.160. The molecule has 0 radical (unpaired) electrons. The van der Waals surface area contributed by atoms with Crippen LogP contribution in [0.3, 0.4) is 0 Å². The van der Waals surface area contributed by atoms with Gasteiger partial charge in [0.15, 0.2) is 5.82 Å². The number of nitrogens with two attached hydrogens (primary N) is 2. The summed E-state index contributed by atoms with van der Waals surface area (Å²) >= 11 is 0. The molecule has 0 fully saturated rings. The summed E-state index contributed by atoms with van der Waals surface area (Å²) in [4.78, 5) is 23.9. The van der Waals surface area contributed by atoms with E-state index < -0.39 is 23.6 Å². The van der Waals surface area contributed by atoms with Crippen molar-refractivity contribution >= 4 is 34.5 Å². The van der Waals surface area contributed by atoms with Crippen molar-refractivity contribution in [3.8, 4) is 11.4 Å². The molecule has 4 aromatic rings. The number of ether oxygens (including phenoxy) is 1. The molecule has 2 aromatic carbocycles. The maximum Gasteiger partial charge on any atom is 0.573 e. The fourth-order valence-electron chi connectivity index (χ4n) is 3.99. The van der Waals surface area contributed by atoms with Crippen LogP contribution < -0.4 is 27.1 Å². The summed E-state index contributed by atoms with van der Waals surface area (Å²) in [6.07, 6.45) is -0.703. The van der Waals surface area contributed by atoms with Crippen molar-refractivity contribution in [2.24, 2.45) is 5.73 Å². The molecule has 0 unspecified atom stereocenters. The summed E-state index contributed by atoms with van der Waals surface area (Å²) in [5.74, 6) is -0.340. The Hall–Kier alpha value is -4.74. The van der Waals surface area contributed by atoms with E-state index in [0.717, 1.165) is 6.07 Å². The molecular weight excluding hydrogens is 489 g/mol. The van der Waals surface area contributed by atoms with Gasteiger partial charge in [0.05, 0.1) is 5.39 Å². The van der Waals surface area contributed by atoms with Gasteiger partial charge in [0.2, 0.25) is 0 Å². The molecule has 0 saturated carbocycles. The Morgan fingerprint density at radius 2 is 1.89 bits per heavy atom. The van der Waals surface area contributed by atoms with Gasteiger partial charge in [-0.25, -0.2) is 4.68 Å². The Kier molecular flexibility index (Phi) is 6.92. The monoisotopic (exact) mass is 512 g/mol. The molecule has 0 spiro atoms. The average molecular weight is 512 g/mol. The number of alkyl halides is 3. The number of benzene rings is 2. The molecule has 0 saturated heterocycles. The van der Waals surface area contributed by atoms with Gasteiger partial charge in [0.25, 0.3) is 11.5 Å². The molecule has 37 heavy (non-hydrogen) atoms. The number of nitrogens with one attached hydrogen (secondary N) is 1. The fourth-order valence-corrected chi connectivity index (χ4v) is 3.99. The maximum atomic E-state index is 12.9. The van der Waals surface area contributed by atoms with Crippen LogP contribution in [0.2, 0.25) is 0 Å². The number of rotatable bonds is 4. The Morgan fingerprint density at radius 1 is 1.16 bits per heavy atom. The van der Waals surface area contributed by atoms with E-state index in [1.54, 1.807) is 48.7 Å². The number of anilines is 2. The number of nitrogen functional groups attached to an aromatic ring is 1. The normalized spacial score (nSPS) is 12.3. The second kappa shape index (κ2) is 10.1. The maximum absolute atomic E-state index is 12.9. The number of amides is 1. The smallest absolute Gasteiger partial charge is 0.405 e. The molecule has 1 aliphatic heterocycles. The molecule has 2 aromatic heterocycles. The van der Waals surface area contributed by atoms with Crippen LogP contribution in [0.4, 0.5) is 24.8 Å². The molecule has 0 bridgehead atoms. The molecule has 1 amide bonds. The zero-order chi connectivity index (χ0) is 26.7. The lowest BCUT2D eigenvalue weighted by Gasteiger charge is -2.16. The van der Waals surface area contributed by atoms with Crippen LogP contribution in [0.25, 0.3) is 22.7 Å². The molecular formula is C25H23F3N6O3. The second-order valence-electron chi connectivity index (χ2n) is 7.92. The quantitative estimate of drug-likeness (QED) is 0.380. The van der Waals surface area contributed by atoms with Crippen molar-refractivity contribution in [1.82, 2.24) is 14.3 Å². The molecule has 0 atom stereocenters. The number of hydrogen-bond acceptors (Lipinski definition) is 6. The summed E-state index contributed by atoms with van der Waals surface area (Å²) in [6, 6.07) is 14.7. The highest BCUT2D eigenvalue weighted by atomic mass is 19.4. The Balaban J connectivity index is 0.000000207. The van der Waals surface area contributed by atoms with E-state index in [1.807, 2.05) is 13.0 Å². The number of carbonyl (C=O) groups excluding carboxylic acids is 1. The molecule has 192 valence electrons. The number of hydrogen-bond donors (Lipinski definition) is 3. The molecule has 5 N–H and O–H groups in total. The second-order valence-corrected chi connectivity index (χ2v) is 7.92. The molecule has 1 aliphatic rings. The van der Waals surface area contributed by atoms with Gasteiger partial charge >= 0.3 is 6.36 Å². The average Bonchev–Trinajstić information content (AvgIpc) is 3.19. The largest absolute Gasteiger partial charge is 0.573 e. The SMILES string of the molecule is CCc1cc2cccc(OC(F)(F)F)c2c(=O)n1-c1ccccc1.NC(=O)c1c(N)nn2c1NCC=C2. The standard InChI is InChI=1S/C18H14F3NO2.C7H9N5O/c1-2-13-11-12-7-6-10-15(24-18(19,20)21)16(12)17(23)22(13)14-8-4-3-5-9-14;8-5-4(6(9)13)7-10-2-1-3-12(7)11-5/h3-11H,2H2,1H3;1,3,10H,2H2,(H2,8,11)(H2,9,13). The van der Waals surface area contributed by atoms with Crippen LogP contribution in [0, 0.1) is 0 Å². The number of nitrogens with zero attached hydrogens (tertiary/aromatic N) is 3. The Labute approximate surface area is 208 Å². The van der Waals surface area contributed by atoms with Crippen LogP contribution in [0.15, 0.2) is 65.5 Å². The summed E-state index contributed by atoms with van der Waals surface area (Å²) in [5, 5.41) is 7.22. The molecule has 3 heterocycles. The van der Waals surface area contributed by atoms with Crippen LogP contribution in [-0.4, -0.2) is 33.2 Å². The number of pyridine rings is 1. The van der Waals surface area contributed by atoms with Gasteiger partial charge in [-0.2, -0.15) is 0 Å². The molecule has 5 rings (SSSR count). The van der Waals surface area contributed by atoms with Crippen LogP contribution >= 0.6 is 0 Å². The summed E-state index contributed by atoms with van der Waals surface area (Å²) in [5.41, 5.74) is 11.7. The number of carbonyl (C=O) groups is 1. The van der Waals surface area contributed by atoms with Crippen LogP contribution in [0.1, 0.15) is 23.0 Å². The van der Waals surface area contributed by atoms with Gasteiger partial charge in [-0.1, -0.05) is 37.3 Å². The van der Waals surface area contributed by atoms with Crippen LogP contribution in [-0.2, 0) is 6.42 Å². The number of primary amides is 1. The first kappa shape index (κ1) is 25.4. The topological polar surface area (TPSA) is 130 Å². The number of aryl methyl sites for hydroxylation is 1. The third-order valence-electron chi connectivity index (χ3n) is 5.50. The third-order valence-corrected chi connectivity index (χ3v) is 5.50. The number of para-hydroxylation sites is 1. The lowest BCUT2D eigenvalue weighted by Crippen LogP contribution is -2.24. The highest BCUT2D eigenvalue weighted by Crippen LogP contribution is 2.29. The summed E-state index contributed by atoms with van der Waals surface area (Å²) in [7, 11) is 0. The van der Waals surface area contributed by atoms with Crippen molar-refractivity contribution in [2.45, 2.75) is 19.7 Å². The Morgan fingerprint density at radius 3 is 2.54 bits per heavy atom. The highest BCUT2D eigenvalue weighted by molar-refractivity contribution is 6.02. The van der Waals surface area contributed by atoms with Crippen molar-refractivity contribution in [2.75, 3.05) is 17.6 Å². The molecule has 12 heteroatoms. The first-order chi connectivity index (χ1) is 17.6. The van der Waals surface area contributed by atoms with Gasteiger partial charge in [-0.05, 0) is 42.1 Å². The minimum atomic E-state index is -4.86. The van der Waals surface area contributed by atoms with E-state index in [-0.39, 0.29) is 16.8 Å².